The minimum Gasteiger partial charge on any atom is -1.00 e. The molecule has 0 unspecified atom stereocenters. The highest BCUT2D eigenvalue weighted by Gasteiger charge is 2.15. The number of ketones is 3. The quantitative estimate of drug-likeness (QED) is 0.0116. The monoisotopic (exact) mass is 1930 g/mol. The Morgan fingerprint density at radius 2 is 0.419 bits per heavy atom. The number of Topliss-reactive ketones (excluding diaryl/α,β-unsaturated/α-hetero) is 3. The Labute approximate surface area is 821 Å². The summed E-state index contributed by atoms with van der Waals surface area (Å²) in [6.45, 7) is 2.37. The van der Waals surface area contributed by atoms with E-state index >= 15 is 0 Å². The van der Waals surface area contributed by atoms with E-state index in [1.165, 1.54) is 231 Å². The van der Waals surface area contributed by atoms with Gasteiger partial charge in [-0.3, -0.25) is 47.9 Å². The molecule has 4 rings (SSSR count). The van der Waals surface area contributed by atoms with E-state index < -0.39 is 30.1 Å². The van der Waals surface area contributed by atoms with Crippen molar-refractivity contribution in [2.75, 3.05) is 46.1 Å². The summed E-state index contributed by atoms with van der Waals surface area (Å²) in [5.74, 6) is -3.83. The molecule has 4 aromatic carbocycles. The van der Waals surface area contributed by atoms with Gasteiger partial charge < -0.3 is 82.7 Å². The number of carbonyl (C=O) groups is 12. The van der Waals surface area contributed by atoms with Gasteiger partial charge in [-0.05, 0) is 73.6 Å². The smallest absolute Gasteiger partial charge is 0.407 e. The van der Waals surface area contributed by atoms with Crippen molar-refractivity contribution in [3.05, 3.63) is 144 Å². The highest BCUT2D eigenvalue weighted by Crippen LogP contribution is 2.20. The number of halogens is 1. The fraction of sp³-hybridized carbons (Fsp3) is 0.670. The van der Waals surface area contributed by atoms with E-state index in [4.69, 9.17) is 54.0 Å². The lowest BCUT2D eigenvalue weighted by Gasteiger charge is -2.07. The van der Waals surface area contributed by atoms with E-state index in [9.17, 15) is 57.5 Å². The van der Waals surface area contributed by atoms with E-state index in [1.54, 1.807) is 0 Å². The van der Waals surface area contributed by atoms with E-state index in [0.29, 0.717) is 65.3 Å². The number of quaternary nitrogens is 1. The fourth-order valence-electron chi connectivity index (χ4n) is 14.4. The van der Waals surface area contributed by atoms with Crippen LogP contribution >= 0.6 is 0 Å². The van der Waals surface area contributed by atoms with E-state index in [2.05, 4.69) is 16.4 Å². The van der Waals surface area contributed by atoms with Crippen LogP contribution in [0.4, 0.5) is 9.59 Å². The van der Waals surface area contributed by atoms with Crippen LogP contribution in [-0.4, -0.2) is 143 Å². The van der Waals surface area contributed by atoms with Gasteiger partial charge in [-0.25, -0.2) is 9.59 Å². The summed E-state index contributed by atoms with van der Waals surface area (Å²) < 4.78 is 30.9. The number of hydrogen-bond acceptors (Lipinski definition) is 20. The molecular weight excluding hydrogens is 1750 g/mol. The molecule has 0 bridgehead atoms. The van der Waals surface area contributed by atoms with Crippen molar-refractivity contribution < 1.29 is 130 Å². The first-order chi connectivity index (χ1) is 65.8. The molecule has 0 fully saturated rings. The van der Waals surface area contributed by atoms with Crippen molar-refractivity contribution in [3.8, 4) is 0 Å². The molecule has 0 spiro atoms. The third kappa shape index (κ3) is 98.0. The molecule has 0 aliphatic carbocycles. The number of nitrogens with one attached hydrogen (secondary N) is 2. The maximum atomic E-state index is 11.9. The molecule has 136 heavy (non-hydrogen) atoms. The number of ether oxygens (including phenoxy) is 6. The van der Waals surface area contributed by atoms with Crippen LogP contribution in [0.3, 0.4) is 0 Å². The minimum absolute atomic E-state index is 0. The third-order valence-electron chi connectivity index (χ3n) is 22.6. The second-order valence-corrected chi connectivity index (χ2v) is 34.9. The molecule has 0 saturated carbocycles. The van der Waals surface area contributed by atoms with Crippen LogP contribution < -0.4 is 28.8 Å². The molecule has 2 amide bonds. The maximum absolute atomic E-state index is 11.9. The molecule has 0 aromatic heterocycles. The van der Waals surface area contributed by atoms with Crippen LogP contribution in [0.1, 0.15) is 420 Å². The molecule has 10 N–H and O–H groups in total. The van der Waals surface area contributed by atoms with Crippen LogP contribution in [0.2, 0.25) is 0 Å². The summed E-state index contributed by atoms with van der Waals surface area (Å²) >= 11 is 0. The molecule has 0 saturated heterocycles. The standard InChI is InChI=1S/C36H51NO7.C23H38O3.C21H39NO5.C16H32O3.C13H15NO5.ClH/c38-33(28-37-36(41)44-30-32-22-16-13-17-23-32)25-26-35(40)42-27-19-11-9-7-5-3-1-2-4-6-8-10-18-24-34(39)43-29-31-20-14-12-15-21-31;24-20-16-11-9-7-5-3-1-2-4-6-8-10-15-19-23(25)26-21-22-17-13-12-14-18-22;22-18-19(23)15-16-21(26)27-17-13-11-9-7-5-3-1-2-4-6-8-10-12-14-20(24)25;17-15-13-11-9-7-5-3-1-2-4-6-8-10-12-14-16(18)19;15-11(6-7-12(16)17)8-14-13(18)19-9-10-4-2-1-3-5-10;/h12-17,20-23H,1-11,18-19,24-30H2,(H,37,41);12-14,17-18,24H,1-11,15-16,19-21H2;1-18,22H2,(H,24,25);17H,1-15H2,(H,18,19);1-5H,6-9H2,(H,14,18)(H,16,17);1H. The molecule has 0 heterocycles. The Bertz CT molecular complexity index is 3530. The molecule has 27 heteroatoms. The average Bonchev–Trinajstić information content (AvgIpc) is 1.01. The number of rotatable bonds is 84. The van der Waals surface area contributed by atoms with Gasteiger partial charge in [-0.1, -0.05) is 404 Å². The lowest BCUT2D eigenvalue weighted by Crippen LogP contribution is -3.00. The Morgan fingerprint density at radius 1 is 0.221 bits per heavy atom. The number of amides is 2. The first kappa shape index (κ1) is 129. The van der Waals surface area contributed by atoms with Gasteiger partial charge in [0.15, 0.2) is 17.3 Å². The Morgan fingerprint density at radius 3 is 0.654 bits per heavy atom. The summed E-state index contributed by atoms with van der Waals surface area (Å²) in [5, 5.41) is 47.5. The number of carboxylic acid groups (broad SMARTS) is 3. The first-order valence-corrected chi connectivity index (χ1v) is 51.6. The van der Waals surface area contributed by atoms with Crippen molar-refractivity contribution in [2.24, 2.45) is 0 Å². The summed E-state index contributed by atoms with van der Waals surface area (Å²) in [5.41, 5.74) is 7.27. The summed E-state index contributed by atoms with van der Waals surface area (Å²) in [4.78, 5) is 135. The van der Waals surface area contributed by atoms with Gasteiger partial charge >= 0.3 is 54.0 Å². The SMILES string of the molecule is O=C(CCC(=O)OCCCCCCCCCCCCCCCC(=O)OCc1ccccc1)CNC(=O)OCc1ccccc1.O=C(CCCCCCCCCCCCCCCO)OCc1ccccc1.O=C(O)CCC(=O)CNC(=O)OCc1ccccc1.O=C(O)CCCCCCCCCCCCCCCO.[Cl-].[NH3+]CC(=O)CCC(=O)OCCCCCCCCCCCCCCCC(=O)O. The molecule has 0 radical (unpaired) electrons. The van der Waals surface area contributed by atoms with E-state index in [-0.39, 0.29) is 125 Å². The molecule has 0 aliphatic rings. The second-order valence-electron chi connectivity index (χ2n) is 34.9. The Hall–Kier alpha value is -9.11. The number of carboxylic acids is 3. The van der Waals surface area contributed by atoms with Crippen molar-refractivity contribution in [2.45, 2.75) is 425 Å². The molecule has 4 aromatic rings. The summed E-state index contributed by atoms with van der Waals surface area (Å²) in [7, 11) is 0. The number of hydrogen-bond donors (Lipinski definition) is 8. The zero-order valence-electron chi connectivity index (χ0n) is 82.8. The number of alkyl carbamates (subject to hydrolysis) is 2. The van der Waals surface area contributed by atoms with Gasteiger partial charge in [-0.2, -0.15) is 0 Å². The number of carbonyl (C=O) groups excluding carboxylic acids is 9. The van der Waals surface area contributed by atoms with Crippen LogP contribution in [-0.2, 0) is 103 Å². The zero-order valence-corrected chi connectivity index (χ0v) is 83.6. The van der Waals surface area contributed by atoms with Gasteiger partial charge in [0, 0.05) is 58.2 Å². The Balaban J connectivity index is 0. The van der Waals surface area contributed by atoms with E-state index in [0.717, 1.165) is 125 Å². The molecule has 0 aliphatic heterocycles. The normalized spacial score (nSPS) is 10.5. The van der Waals surface area contributed by atoms with E-state index in [1.807, 2.05) is 121 Å². The largest absolute Gasteiger partial charge is 1.00 e. The topological polar surface area (TPSA) is 413 Å². The maximum Gasteiger partial charge on any atom is 0.407 e. The number of aliphatic carboxylic acids is 3. The molecule has 26 nitrogen and oxygen atoms in total. The highest BCUT2D eigenvalue weighted by molar-refractivity contribution is 5.87. The van der Waals surface area contributed by atoms with Crippen molar-refractivity contribution in [3.63, 3.8) is 0 Å². The van der Waals surface area contributed by atoms with Crippen LogP contribution in [0.25, 0.3) is 0 Å². The minimum atomic E-state index is -1.04. The van der Waals surface area contributed by atoms with Crippen molar-refractivity contribution in [1.82, 2.24) is 10.6 Å². The number of unbranched alkanes of at least 4 members (excludes halogenated alkanes) is 48. The first-order valence-electron chi connectivity index (χ1n) is 51.6. The van der Waals surface area contributed by atoms with Crippen LogP contribution in [0, 0.1) is 0 Å². The van der Waals surface area contributed by atoms with Crippen molar-refractivity contribution >= 4 is 71.3 Å². The van der Waals surface area contributed by atoms with Gasteiger partial charge in [0.05, 0.1) is 45.6 Å². The number of aliphatic hydroxyl groups excluding tert-OH is 2. The zero-order chi connectivity index (χ0) is 98.7. The Kier molecular flexibility index (Phi) is 95.1. The number of benzene rings is 4. The molecular formula is C109H176ClN3O23. The molecule has 772 valence electrons. The lowest BCUT2D eigenvalue weighted by molar-refractivity contribution is -0.354. The predicted molar refractivity (Wildman–Crippen MR) is 530 cm³/mol. The molecule has 0 atom stereocenters. The summed E-state index contributed by atoms with van der Waals surface area (Å²) in [6.07, 6.45) is 62.1. The van der Waals surface area contributed by atoms with Gasteiger partial charge in [0.25, 0.3) is 0 Å². The summed E-state index contributed by atoms with van der Waals surface area (Å²) in [6, 6.07) is 38.0. The number of esters is 4. The van der Waals surface area contributed by atoms with Gasteiger partial charge in [0.1, 0.15) is 33.0 Å². The van der Waals surface area contributed by atoms with Crippen molar-refractivity contribution in [1.29, 1.82) is 0 Å². The van der Waals surface area contributed by atoms with Gasteiger partial charge in [0.2, 0.25) is 0 Å². The van der Waals surface area contributed by atoms with Crippen LogP contribution in [0.5, 0.6) is 0 Å². The second kappa shape index (κ2) is 100. The third-order valence-corrected chi connectivity index (χ3v) is 22.6. The average molecular weight is 1930 g/mol. The highest BCUT2D eigenvalue weighted by atomic mass is 35.5. The van der Waals surface area contributed by atoms with Gasteiger partial charge in [-0.15, -0.1) is 0 Å². The number of aliphatic hydroxyl groups is 2. The predicted octanol–water partition coefficient (Wildman–Crippen LogP) is 20.7. The fourth-order valence-corrected chi connectivity index (χ4v) is 14.4. The van der Waals surface area contributed by atoms with Crippen LogP contribution in [0.15, 0.2) is 121 Å². The lowest BCUT2D eigenvalue weighted by atomic mass is 10.0.